The second-order valence-corrected chi connectivity index (χ2v) is 35.0. The van der Waals surface area contributed by atoms with Crippen LogP contribution in [-0.2, 0) is 105 Å². The number of methoxy groups -OCH3 is 2. The summed E-state index contributed by atoms with van der Waals surface area (Å²) in [7, 11) is 3.09. The van der Waals surface area contributed by atoms with Crippen molar-refractivity contribution in [3.63, 3.8) is 0 Å². The van der Waals surface area contributed by atoms with Crippen LogP contribution in [0.15, 0.2) is 100 Å². The minimum Gasteiger partial charge on any atom is -0.459 e. The van der Waals surface area contributed by atoms with E-state index >= 15 is 0 Å². The number of allylic oxidation sites excluding steroid dienone is 4. The number of anilines is 2. The van der Waals surface area contributed by atoms with Gasteiger partial charge in [-0.1, -0.05) is 94.9 Å². The number of hydrogen-bond donors (Lipinski definition) is 9. The van der Waals surface area contributed by atoms with Crippen molar-refractivity contribution in [1.82, 2.24) is 39.8 Å². The maximum absolute atomic E-state index is 14.6. The van der Waals surface area contributed by atoms with E-state index in [4.69, 9.17) is 88.4 Å². The molecule has 5 aromatic rings. The number of unbranched alkanes of at least 4 members (excludes halogenated alkanes) is 1. The van der Waals surface area contributed by atoms with Crippen molar-refractivity contribution in [3.8, 4) is 11.3 Å². The number of nitrogen functional groups attached to an aromatic ring is 2. The van der Waals surface area contributed by atoms with Crippen LogP contribution in [0, 0.1) is 29.6 Å². The van der Waals surface area contributed by atoms with Gasteiger partial charge in [-0.25, -0.2) is 19.4 Å². The van der Waals surface area contributed by atoms with Crippen LogP contribution in [0.2, 0.25) is 0 Å². The first-order valence-electron chi connectivity index (χ1n) is 46.3. The number of nitrogens with one attached hydrogen (secondary N) is 1. The van der Waals surface area contributed by atoms with E-state index in [0.717, 1.165) is 33.6 Å². The monoisotopic (exact) mass is 1840 g/mol. The highest BCUT2D eigenvalue weighted by Gasteiger charge is 2.53. The average molecular weight is 1840 g/mol. The van der Waals surface area contributed by atoms with E-state index in [1.807, 2.05) is 61.6 Å². The minimum atomic E-state index is -2.49. The molecule has 15 atom stereocenters. The fourth-order valence-electron chi connectivity index (χ4n) is 17.1. The van der Waals surface area contributed by atoms with Crippen LogP contribution in [0.3, 0.4) is 0 Å². The van der Waals surface area contributed by atoms with Crippen molar-refractivity contribution < 1.29 is 116 Å². The van der Waals surface area contributed by atoms with E-state index in [1.165, 1.54) is 19.0 Å². The number of piperidine rings is 1. The van der Waals surface area contributed by atoms with Crippen LogP contribution < -0.4 is 22.5 Å². The summed E-state index contributed by atoms with van der Waals surface area (Å²) in [4.78, 5) is 91.1. The quantitative estimate of drug-likeness (QED) is 0.00344. The Kier molecular flexibility index (Phi) is 44.7. The van der Waals surface area contributed by atoms with Gasteiger partial charge in [0, 0.05) is 89.2 Å². The first-order chi connectivity index (χ1) is 63.1. The number of hydrogen-bond acceptors (Lipinski definition) is 32. The summed E-state index contributed by atoms with van der Waals surface area (Å²) in [5.74, 6) is -7.40. The van der Waals surface area contributed by atoms with Crippen LogP contribution >= 0.6 is 0 Å². The standard InChI is InChI=1S/C95H144N12O24/c1-11-12-13-18-62(4)79(118-9)55-72-25-20-66(8)95(117,131-72)89(114)92(115)106-31-16-14-19-75(106)93(116)129-80(73(96)52-67-22-26-76(108)81(53-67)119-10)56-77(109)63(5)50-65(7)87(112)88(113)85(64(6)49-61(2)3)104-128-59-82(110)99-30-15-17-33-120-35-37-122-39-41-124-43-45-126-47-48-127-46-44-125-42-40-123-38-36-121-34-29-83(111)105-32-28-69-51-68(21-23-71(69)58-105)57-107-91-84(90(97)100-60-101-91)86(103-107)70-24-27-78-74(54-70)102-94(98)130-78/h11-13,18,21,23-24,27,50-51,54,60-61,63-64,66-67,72-73,75-77,79-81,87-88,108-109,112-113,117H,1,14-17,19-20,22,25-26,28-49,52-53,55-59,96H2,2-10H3,(H2,98,102)(H,99,110)(H2,97,100,101)/b13-12+,62-18+,65-50+,104-85?/t63-,64-,66-,67+,72+,73-,75+,76-,77-,79+,80+,81-,87-,88+,95-/m1/s1. The number of aliphatic hydroxyl groups excluding tert-OH is 4. The summed E-state index contributed by atoms with van der Waals surface area (Å²) >= 11 is 0. The van der Waals surface area contributed by atoms with Gasteiger partial charge >= 0.3 is 5.97 Å². The summed E-state index contributed by atoms with van der Waals surface area (Å²) in [5, 5.41) is 70.8. The number of nitrogens with two attached hydrogens (primary N) is 3. The number of aromatic nitrogens is 5. The number of Topliss-reactive ketones (excluding diaryl/α,β-unsaturated/α-hetero) is 1. The summed E-state index contributed by atoms with van der Waals surface area (Å²) < 4.78 is 76.2. The summed E-state index contributed by atoms with van der Waals surface area (Å²) in [6.07, 6.45) is 9.47. The molecule has 3 aromatic heterocycles. The minimum absolute atomic E-state index is 0.0262. The molecule has 3 fully saturated rings. The second-order valence-electron chi connectivity index (χ2n) is 35.0. The maximum Gasteiger partial charge on any atom is 0.329 e. The third kappa shape index (κ3) is 32.9. The Bertz CT molecular complexity index is 4500. The Labute approximate surface area is 768 Å². The molecule has 4 aliphatic rings. The van der Waals surface area contributed by atoms with Crippen molar-refractivity contribution >= 4 is 69.2 Å². The molecule has 9 rings (SSSR count). The third-order valence-corrected chi connectivity index (χ3v) is 24.6. The van der Waals surface area contributed by atoms with E-state index in [-0.39, 0.29) is 66.8 Å². The van der Waals surface area contributed by atoms with Crippen LogP contribution in [0.25, 0.3) is 33.4 Å². The number of fused-ring (bicyclic) bond motifs is 3. The summed E-state index contributed by atoms with van der Waals surface area (Å²) in [6, 6.07) is 9.83. The molecule has 1 saturated carbocycles. The van der Waals surface area contributed by atoms with E-state index < -0.39 is 109 Å². The number of oxazole rings is 1. The highest BCUT2D eigenvalue weighted by atomic mass is 16.6. The smallest absolute Gasteiger partial charge is 0.329 e. The Balaban J connectivity index is 0.578. The molecule has 3 aliphatic heterocycles. The van der Waals surface area contributed by atoms with Crippen LogP contribution in [-0.4, -0.2) is 308 Å². The molecule has 0 bridgehead atoms. The highest BCUT2D eigenvalue weighted by molar-refractivity contribution is 6.39. The maximum atomic E-state index is 14.6. The molecule has 2 aromatic carbocycles. The molecule has 0 unspecified atom stereocenters. The third-order valence-electron chi connectivity index (χ3n) is 24.6. The van der Waals surface area contributed by atoms with Gasteiger partial charge in [-0.2, -0.15) is 10.1 Å². The largest absolute Gasteiger partial charge is 0.459 e. The number of oxime groups is 1. The van der Waals surface area contributed by atoms with Crippen LogP contribution in [0.5, 0.6) is 0 Å². The summed E-state index contributed by atoms with van der Waals surface area (Å²) in [5.41, 5.74) is 27.0. The van der Waals surface area contributed by atoms with E-state index in [0.29, 0.717) is 243 Å². The number of carbonyl (C=O) groups excluding carboxylic acids is 5. The van der Waals surface area contributed by atoms with Crippen molar-refractivity contribution in [2.75, 3.05) is 158 Å². The zero-order chi connectivity index (χ0) is 94.4. The van der Waals surface area contributed by atoms with E-state index in [2.05, 4.69) is 50.2 Å². The van der Waals surface area contributed by atoms with Crippen molar-refractivity contribution in [2.45, 2.75) is 231 Å². The van der Waals surface area contributed by atoms with Crippen molar-refractivity contribution in [2.24, 2.45) is 40.5 Å². The SMILES string of the molecule is C=C/C=C/C=C(\C)[C@H](C[C@@H]1CC[C@@H](C)[C@](O)(C(=O)C(=O)N2CCCC[C@H]2C(=O)O[C@@H](C[C@@H](O)[C@H](C)/C=C(\C)[C@@H](O)[C@@H](O)C(=NOCC(=O)NCCCCOCCOCCOCCOCCOCCOCCOCCOCCC(=O)N2CCc3cc(Cn4nc(-c5ccc6oc(N)nc6c5)c5c(N)ncnc54)ccc3C2)[C@H](C)CC(C)C)[C@H](N)C[C@@H]2CC[C@@H](O)[C@H](OC)C2)O1)OC. The van der Waals surface area contributed by atoms with Crippen LogP contribution in [0.1, 0.15) is 161 Å². The van der Waals surface area contributed by atoms with Gasteiger partial charge in [0.25, 0.3) is 23.6 Å². The van der Waals surface area contributed by atoms with Gasteiger partial charge in [-0.15, -0.1) is 0 Å². The average Bonchev–Trinajstić information content (AvgIpc) is 1.46. The lowest BCUT2D eigenvalue weighted by Gasteiger charge is -2.42. The van der Waals surface area contributed by atoms with Gasteiger partial charge in [-0.05, 0) is 155 Å². The van der Waals surface area contributed by atoms with Gasteiger partial charge in [0.15, 0.2) is 17.8 Å². The topological polar surface area (TPSA) is 485 Å². The molecule has 6 heterocycles. The lowest BCUT2D eigenvalue weighted by atomic mass is 9.80. The highest BCUT2D eigenvalue weighted by Crippen LogP contribution is 2.39. The first kappa shape index (κ1) is 106. The van der Waals surface area contributed by atoms with Crippen molar-refractivity contribution in [3.05, 3.63) is 108 Å². The van der Waals surface area contributed by atoms with Gasteiger partial charge in [0.05, 0.1) is 154 Å². The molecular weight excluding hydrogens is 1690 g/mol. The first-order valence-corrected chi connectivity index (χ1v) is 46.3. The molecule has 36 heteroatoms. The number of ether oxygens (including phenoxy) is 12. The predicted octanol–water partition coefficient (Wildman–Crippen LogP) is 7.61. The number of carbonyl (C=O) groups is 5. The Morgan fingerprint density at radius 1 is 0.756 bits per heavy atom. The van der Waals surface area contributed by atoms with E-state index in [9.17, 15) is 49.5 Å². The zero-order valence-corrected chi connectivity index (χ0v) is 78.0. The molecule has 131 heavy (non-hydrogen) atoms. The molecule has 36 nitrogen and oxygen atoms in total. The van der Waals surface area contributed by atoms with Crippen LogP contribution in [0.4, 0.5) is 11.8 Å². The Hall–Kier alpha value is -8.64. The van der Waals surface area contributed by atoms with Gasteiger partial charge in [0.2, 0.25) is 11.7 Å². The molecule has 0 radical (unpaired) electrons. The molecule has 728 valence electrons. The number of nitrogens with zero attached hydrogens (tertiary/aromatic N) is 8. The lowest BCUT2D eigenvalue weighted by molar-refractivity contribution is -0.265. The zero-order valence-electron chi connectivity index (χ0n) is 78.0. The van der Waals surface area contributed by atoms with E-state index in [1.54, 1.807) is 52.2 Å². The van der Waals surface area contributed by atoms with Gasteiger partial charge < -0.3 is 124 Å². The van der Waals surface area contributed by atoms with Gasteiger partial charge in [0.1, 0.15) is 47.7 Å². The molecule has 1 aliphatic carbocycles. The normalized spacial score (nSPS) is 21.4. The Morgan fingerprint density at radius 3 is 2.08 bits per heavy atom. The van der Waals surface area contributed by atoms with Crippen molar-refractivity contribution in [1.29, 1.82) is 0 Å². The number of ketones is 1. The molecule has 2 saturated heterocycles. The molecule has 12 N–H and O–H groups in total. The number of likely N-dealkylation sites (tertiary alicyclic amines) is 1. The van der Waals surface area contributed by atoms with Gasteiger partial charge in [-0.3, -0.25) is 19.2 Å². The fourth-order valence-corrected chi connectivity index (χ4v) is 17.1. The predicted molar refractivity (Wildman–Crippen MR) is 490 cm³/mol. The summed E-state index contributed by atoms with van der Waals surface area (Å²) in [6.45, 7) is 24.3. The molecule has 0 spiro atoms. The number of amides is 3. The number of aliphatic hydroxyl groups is 5. The lowest BCUT2D eigenvalue weighted by Crippen LogP contribution is -2.61. The number of benzene rings is 2. The molecular formula is C95H144N12O24. The molecule has 3 amide bonds. The Morgan fingerprint density at radius 2 is 1.43 bits per heavy atom. The number of rotatable bonds is 59. The number of esters is 1. The second kappa shape index (κ2) is 55.3. The fraction of sp³-hybridized carbons (Fsp3) is 0.663.